The number of para-hydroxylation sites is 1. The van der Waals surface area contributed by atoms with Crippen LogP contribution in [0.25, 0.3) is 10.9 Å². The second-order valence-electron chi connectivity index (χ2n) is 3.12. The predicted molar refractivity (Wildman–Crippen MR) is 50.1 cm³/mol. The number of aromatic nitrogens is 1. The van der Waals surface area contributed by atoms with Crippen LogP contribution in [0.15, 0.2) is 24.3 Å². The van der Waals surface area contributed by atoms with Gasteiger partial charge >= 0.3 is 5.97 Å². The highest BCUT2D eigenvalue weighted by molar-refractivity contribution is 6.02. The molecular formula is C10H8FNO2. The van der Waals surface area contributed by atoms with Gasteiger partial charge in [0.15, 0.2) is 0 Å². The van der Waals surface area contributed by atoms with Crippen molar-refractivity contribution in [3.63, 3.8) is 0 Å². The molecule has 4 heteroatoms. The molecule has 1 aromatic carbocycles. The molecule has 2 rings (SSSR count). The van der Waals surface area contributed by atoms with E-state index in [1.54, 1.807) is 25.1 Å². The normalized spacial score (nSPS) is 10.7. The van der Waals surface area contributed by atoms with Gasteiger partial charge in [-0.1, -0.05) is 16.6 Å². The van der Waals surface area contributed by atoms with Gasteiger partial charge in [0.2, 0.25) is 0 Å². The molecule has 1 N–H and O–H groups in total. The van der Waals surface area contributed by atoms with Gasteiger partial charge in [0, 0.05) is 11.1 Å². The molecular weight excluding hydrogens is 185 g/mol. The van der Waals surface area contributed by atoms with Gasteiger partial charge in [-0.15, -0.1) is 0 Å². The number of nitrogens with zero attached hydrogens (tertiary/aromatic N) is 1. The number of aryl methyl sites for hydroxylation is 1. The van der Waals surface area contributed by atoms with Crippen molar-refractivity contribution in [3.05, 3.63) is 35.5 Å². The number of fused-ring (bicyclic) bond motifs is 1. The molecule has 72 valence electrons. The standard InChI is InChI=1S/C10H8FNO2/c1-6-5-7-3-2-4-8(10(13)14)9(7)12(6)11/h2-5H,1H3,(H,13,14). The lowest BCUT2D eigenvalue weighted by atomic mass is 10.1. The molecule has 1 aromatic heterocycles. The monoisotopic (exact) mass is 193 g/mol. The first-order valence-corrected chi connectivity index (χ1v) is 4.12. The van der Waals surface area contributed by atoms with E-state index in [9.17, 15) is 9.28 Å². The van der Waals surface area contributed by atoms with Gasteiger partial charge < -0.3 is 5.11 Å². The quantitative estimate of drug-likeness (QED) is 0.755. The van der Waals surface area contributed by atoms with Crippen molar-refractivity contribution in [3.8, 4) is 0 Å². The van der Waals surface area contributed by atoms with Gasteiger partial charge in [-0.2, -0.15) is 4.79 Å². The summed E-state index contributed by atoms with van der Waals surface area (Å²) in [6.45, 7) is 1.59. The van der Waals surface area contributed by atoms with Gasteiger partial charge in [0.25, 0.3) is 0 Å². The summed E-state index contributed by atoms with van der Waals surface area (Å²) < 4.78 is 13.4. The third-order valence-electron chi connectivity index (χ3n) is 2.17. The van der Waals surface area contributed by atoms with Crippen LogP contribution in [-0.2, 0) is 0 Å². The van der Waals surface area contributed by atoms with E-state index in [0.29, 0.717) is 15.9 Å². The van der Waals surface area contributed by atoms with E-state index in [1.807, 2.05) is 0 Å². The van der Waals surface area contributed by atoms with E-state index in [0.717, 1.165) is 0 Å². The van der Waals surface area contributed by atoms with Crippen LogP contribution < -0.4 is 0 Å². The Labute approximate surface area is 79.3 Å². The largest absolute Gasteiger partial charge is 0.478 e. The Morgan fingerprint density at radius 1 is 1.50 bits per heavy atom. The summed E-state index contributed by atoms with van der Waals surface area (Å²) in [7, 11) is 0. The summed E-state index contributed by atoms with van der Waals surface area (Å²) in [6.07, 6.45) is 0. The molecule has 0 radical (unpaired) electrons. The van der Waals surface area contributed by atoms with Crippen molar-refractivity contribution < 1.29 is 14.4 Å². The van der Waals surface area contributed by atoms with Crippen LogP contribution in [0.3, 0.4) is 0 Å². The highest BCUT2D eigenvalue weighted by Crippen LogP contribution is 2.23. The Balaban J connectivity index is 2.91. The van der Waals surface area contributed by atoms with Crippen LogP contribution in [0.4, 0.5) is 4.48 Å². The summed E-state index contributed by atoms with van der Waals surface area (Å²) in [6, 6.07) is 6.29. The SMILES string of the molecule is Cc1cc2cccc(C(=O)O)c2n1F. The topological polar surface area (TPSA) is 42.2 Å². The van der Waals surface area contributed by atoms with Crippen LogP contribution in [0.2, 0.25) is 0 Å². The van der Waals surface area contributed by atoms with Crippen LogP contribution in [0, 0.1) is 6.92 Å². The third kappa shape index (κ3) is 1.08. The Morgan fingerprint density at radius 3 is 2.86 bits per heavy atom. The van der Waals surface area contributed by atoms with Crippen molar-refractivity contribution in [2.45, 2.75) is 6.92 Å². The molecule has 0 aliphatic heterocycles. The Hall–Kier alpha value is -1.84. The number of benzene rings is 1. The molecule has 0 atom stereocenters. The number of hydrogen-bond donors (Lipinski definition) is 1. The number of aromatic carboxylic acids is 1. The summed E-state index contributed by atoms with van der Waals surface area (Å²) in [4.78, 5) is 11.2. The number of carboxylic acids is 1. The van der Waals surface area contributed by atoms with E-state index < -0.39 is 5.97 Å². The second-order valence-corrected chi connectivity index (χ2v) is 3.12. The first-order chi connectivity index (χ1) is 6.61. The zero-order valence-corrected chi connectivity index (χ0v) is 7.49. The van der Waals surface area contributed by atoms with Gasteiger partial charge in [-0.3, -0.25) is 0 Å². The van der Waals surface area contributed by atoms with Crippen LogP contribution in [-0.4, -0.2) is 15.9 Å². The number of halogens is 1. The average molecular weight is 193 g/mol. The lowest BCUT2D eigenvalue weighted by Crippen LogP contribution is -1.99. The summed E-state index contributed by atoms with van der Waals surface area (Å²) in [5, 5.41) is 9.44. The van der Waals surface area contributed by atoms with Gasteiger partial charge in [-0.05, 0) is 19.1 Å². The second kappa shape index (κ2) is 2.83. The highest BCUT2D eigenvalue weighted by atomic mass is 19.2. The maximum atomic E-state index is 13.4. The number of carbonyl (C=O) groups is 1. The molecule has 0 aliphatic carbocycles. The van der Waals surface area contributed by atoms with E-state index >= 15 is 0 Å². The number of rotatable bonds is 1. The van der Waals surface area contributed by atoms with Gasteiger partial charge in [0.1, 0.15) is 0 Å². The minimum atomic E-state index is -1.12. The molecule has 0 saturated heterocycles. The van der Waals surface area contributed by atoms with Crippen molar-refractivity contribution in [1.29, 1.82) is 0 Å². The first-order valence-electron chi connectivity index (χ1n) is 4.12. The lowest BCUT2D eigenvalue weighted by Gasteiger charge is -1.98. The van der Waals surface area contributed by atoms with Crippen molar-refractivity contribution in [2.75, 3.05) is 0 Å². The summed E-state index contributed by atoms with van der Waals surface area (Å²) >= 11 is 0. The Bertz CT molecular complexity index is 516. The van der Waals surface area contributed by atoms with Gasteiger partial charge in [0.05, 0.1) is 11.1 Å². The minimum Gasteiger partial charge on any atom is -0.478 e. The molecule has 3 nitrogen and oxygen atoms in total. The Kier molecular flexibility index (Phi) is 1.77. The average Bonchev–Trinajstić information content (AvgIpc) is 2.43. The van der Waals surface area contributed by atoms with Crippen molar-refractivity contribution in [1.82, 2.24) is 4.79 Å². The molecule has 1 heterocycles. The molecule has 2 aromatic rings. The van der Waals surface area contributed by atoms with E-state index in [1.165, 1.54) is 6.07 Å². The first kappa shape index (κ1) is 8.74. The third-order valence-corrected chi connectivity index (χ3v) is 2.17. The fourth-order valence-electron chi connectivity index (χ4n) is 1.53. The smallest absolute Gasteiger partial charge is 0.337 e. The Morgan fingerprint density at radius 2 is 2.21 bits per heavy atom. The summed E-state index contributed by atoms with van der Waals surface area (Å²) in [5.41, 5.74) is 0.504. The number of hydrogen-bond acceptors (Lipinski definition) is 1. The molecule has 0 aliphatic rings. The number of carboxylic acid groups (broad SMARTS) is 1. The molecule has 0 fully saturated rings. The zero-order chi connectivity index (χ0) is 10.3. The molecule has 0 spiro atoms. The highest BCUT2D eigenvalue weighted by Gasteiger charge is 2.13. The lowest BCUT2D eigenvalue weighted by molar-refractivity contribution is 0.0698. The van der Waals surface area contributed by atoms with Crippen molar-refractivity contribution >= 4 is 16.9 Å². The molecule has 0 saturated carbocycles. The molecule has 0 amide bonds. The minimum absolute atomic E-state index is 0.0156. The van der Waals surface area contributed by atoms with Crippen molar-refractivity contribution in [2.24, 2.45) is 0 Å². The summed E-state index contributed by atoms with van der Waals surface area (Å²) in [5.74, 6) is -1.12. The predicted octanol–water partition coefficient (Wildman–Crippen LogP) is 2.38. The fraction of sp³-hybridized carbons (Fsp3) is 0.100. The van der Waals surface area contributed by atoms with Crippen LogP contribution >= 0.6 is 0 Å². The van der Waals surface area contributed by atoms with Gasteiger partial charge in [-0.25, -0.2) is 4.79 Å². The molecule has 0 unspecified atom stereocenters. The van der Waals surface area contributed by atoms with Crippen LogP contribution in [0.1, 0.15) is 16.1 Å². The van der Waals surface area contributed by atoms with E-state index in [2.05, 4.69) is 0 Å². The van der Waals surface area contributed by atoms with Crippen LogP contribution in [0.5, 0.6) is 0 Å². The molecule has 14 heavy (non-hydrogen) atoms. The zero-order valence-electron chi connectivity index (χ0n) is 7.49. The maximum absolute atomic E-state index is 13.4. The maximum Gasteiger partial charge on any atom is 0.337 e. The molecule has 0 bridgehead atoms. The fourth-order valence-corrected chi connectivity index (χ4v) is 1.53. The van der Waals surface area contributed by atoms with E-state index in [-0.39, 0.29) is 11.1 Å². The van der Waals surface area contributed by atoms with E-state index in [4.69, 9.17) is 5.11 Å².